The Labute approximate surface area is 52.2 Å². The van der Waals surface area contributed by atoms with E-state index >= 15 is 0 Å². The third-order valence-corrected chi connectivity index (χ3v) is 0.827. The fraction of sp³-hybridized carbons (Fsp3) is 0.200. The molecule has 0 fully saturated rings. The van der Waals surface area contributed by atoms with E-state index in [1.807, 2.05) is 0 Å². The van der Waals surface area contributed by atoms with Crippen LogP contribution in [0.5, 0.6) is 0 Å². The van der Waals surface area contributed by atoms with Gasteiger partial charge in [0.05, 0.1) is 12.2 Å². The van der Waals surface area contributed by atoms with Gasteiger partial charge in [-0.1, -0.05) is 6.58 Å². The maximum Gasteiger partial charge on any atom is 0.157 e. The van der Waals surface area contributed by atoms with E-state index in [2.05, 4.69) is 21.8 Å². The summed E-state index contributed by atoms with van der Waals surface area (Å²) in [4.78, 5) is 3.77. The van der Waals surface area contributed by atoms with Gasteiger partial charge in [0.25, 0.3) is 0 Å². The molecule has 1 heterocycles. The molecule has 0 spiro atoms. The molecule has 0 saturated heterocycles. The normalized spacial score (nSPS) is 9.33. The predicted molar refractivity (Wildman–Crippen MR) is 31.9 cm³/mol. The van der Waals surface area contributed by atoms with E-state index < -0.39 is 0 Å². The first kappa shape index (κ1) is 5.81. The Morgan fingerprint density at radius 3 is 3.11 bits per heavy atom. The number of rotatable bonds is 2. The molecule has 0 aliphatic rings. The van der Waals surface area contributed by atoms with E-state index in [0.717, 1.165) is 0 Å². The predicted octanol–water partition coefficient (Wildman–Crippen LogP) is 0.419. The average molecular weight is 125 g/mol. The summed E-state index contributed by atoms with van der Waals surface area (Å²) in [5.74, 6) is 0.636. The lowest BCUT2D eigenvalue weighted by atomic mass is 10.4. The molecule has 1 rings (SSSR count). The molecular formula is C5H7N3O. The van der Waals surface area contributed by atoms with E-state index in [1.165, 1.54) is 6.33 Å². The third-order valence-electron chi connectivity index (χ3n) is 0.827. The van der Waals surface area contributed by atoms with Crippen LogP contribution in [0.4, 0.5) is 0 Å². The summed E-state index contributed by atoms with van der Waals surface area (Å²) < 4.78 is 0. The standard InChI is InChI=1S/C5H7N3O/c1-4(9)2-5-6-3-7-8-5/h3,9H,1-2H2,(H,6,7,8). The van der Waals surface area contributed by atoms with Crippen LogP contribution in [0.15, 0.2) is 18.7 Å². The van der Waals surface area contributed by atoms with Gasteiger partial charge in [0.2, 0.25) is 0 Å². The smallest absolute Gasteiger partial charge is 0.157 e. The Kier molecular flexibility index (Phi) is 1.48. The first-order valence-electron chi connectivity index (χ1n) is 2.50. The number of aliphatic hydroxyl groups is 1. The summed E-state index contributed by atoms with van der Waals surface area (Å²) in [6, 6.07) is 0. The lowest BCUT2D eigenvalue weighted by Crippen LogP contribution is -1.89. The summed E-state index contributed by atoms with van der Waals surface area (Å²) in [7, 11) is 0. The summed E-state index contributed by atoms with van der Waals surface area (Å²) in [5.41, 5.74) is 0. The van der Waals surface area contributed by atoms with Gasteiger partial charge in [0.1, 0.15) is 6.33 Å². The second-order valence-electron chi connectivity index (χ2n) is 1.66. The van der Waals surface area contributed by atoms with Gasteiger partial charge in [0, 0.05) is 0 Å². The van der Waals surface area contributed by atoms with Crippen LogP contribution in [-0.4, -0.2) is 20.3 Å². The molecule has 0 amide bonds. The number of hydrogen-bond acceptors (Lipinski definition) is 3. The summed E-state index contributed by atoms with van der Waals surface area (Å²) in [6.07, 6.45) is 1.78. The second kappa shape index (κ2) is 2.30. The fourth-order valence-corrected chi connectivity index (χ4v) is 0.503. The molecule has 48 valence electrons. The van der Waals surface area contributed by atoms with Crippen molar-refractivity contribution in [1.82, 2.24) is 15.2 Å². The molecule has 4 heteroatoms. The number of hydrogen-bond donors (Lipinski definition) is 2. The molecule has 0 aromatic carbocycles. The molecule has 1 aromatic heterocycles. The van der Waals surface area contributed by atoms with Crippen LogP contribution < -0.4 is 0 Å². The van der Waals surface area contributed by atoms with Crippen molar-refractivity contribution in [2.45, 2.75) is 6.42 Å². The SMILES string of the molecule is C=C(O)Cc1nc[nH]n1. The van der Waals surface area contributed by atoms with Crippen molar-refractivity contribution in [2.75, 3.05) is 0 Å². The Balaban J connectivity index is 2.58. The molecule has 0 saturated carbocycles. The van der Waals surface area contributed by atoms with Crippen molar-refractivity contribution >= 4 is 0 Å². The van der Waals surface area contributed by atoms with Crippen molar-refractivity contribution in [3.63, 3.8) is 0 Å². The van der Waals surface area contributed by atoms with Crippen LogP contribution in [0.25, 0.3) is 0 Å². The largest absolute Gasteiger partial charge is 0.512 e. The Hall–Kier alpha value is -1.32. The van der Waals surface area contributed by atoms with Gasteiger partial charge in [-0.3, -0.25) is 5.10 Å². The minimum Gasteiger partial charge on any atom is -0.512 e. The van der Waals surface area contributed by atoms with E-state index in [9.17, 15) is 0 Å². The lowest BCUT2D eigenvalue weighted by Gasteiger charge is -1.88. The molecule has 4 nitrogen and oxygen atoms in total. The molecule has 0 aliphatic carbocycles. The second-order valence-corrected chi connectivity index (χ2v) is 1.66. The molecule has 0 radical (unpaired) electrons. The molecule has 0 bridgehead atoms. The summed E-state index contributed by atoms with van der Waals surface area (Å²) in [5, 5.41) is 14.9. The molecule has 1 aromatic rings. The lowest BCUT2D eigenvalue weighted by molar-refractivity contribution is 0.399. The van der Waals surface area contributed by atoms with Crippen LogP contribution in [0, 0.1) is 0 Å². The van der Waals surface area contributed by atoms with E-state index in [0.29, 0.717) is 12.2 Å². The van der Waals surface area contributed by atoms with Crippen molar-refractivity contribution in [1.29, 1.82) is 0 Å². The molecular weight excluding hydrogens is 118 g/mol. The summed E-state index contributed by atoms with van der Waals surface area (Å²) >= 11 is 0. The van der Waals surface area contributed by atoms with Gasteiger partial charge in [0.15, 0.2) is 5.82 Å². The summed E-state index contributed by atoms with van der Waals surface area (Å²) in [6.45, 7) is 3.29. The number of nitrogens with one attached hydrogen (secondary N) is 1. The number of allylic oxidation sites excluding steroid dienone is 1. The maximum atomic E-state index is 8.64. The fourth-order valence-electron chi connectivity index (χ4n) is 0.503. The maximum absolute atomic E-state index is 8.64. The van der Waals surface area contributed by atoms with Crippen molar-refractivity contribution in [3.8, 4) is 0 Å². The quantitative estimate of drug-likeness (QED) is 0.563. The van der Waals surface area contributed by atoms with Gasteiger partial charge in [-0.15, -0.1) is 0 Å². The monoisotopic (exact) mass is 125 g/mol. The average Bonchev–Trinajstić information content (AvgIpc) is 2.15. The topological polar surface area (TPSA) is 61.8 Å². The zero-order valence-corrected chi connectivity index (χ0v) is 4.83. The Morgan fingerprint density at radius 1 is 1.89 bits per heavy atom. The minimum atomic E-state index is 0.0783. The first-order valence-corrected chi connectivity index (χ1v) is 2.50. The highest BCUT2D eigenvalue weighted by molar-refractivity contribution is 4.94. The molecule has 9 heavy (non-hydrogen) atoms. The highest BCUT2D eigenvalue weighted by Crippen LogP contribution is 1.93. The van der Waals surface area contributed by atoms with Crippen LogP contribution in [0.1, 0.15) is 5.82 Å². The zero-order valence-electron chi connectivity index (χ0n) is 4.83. The van der Waals surface area contributed by atoms with E-state index in [1.54, 1.807) is 0 Å². The first-order chi connectivity index (χ1) is 4.29. The van der Waals surface area contributed by atoms with Crippen LogP contribution in [0.2, 0.25) is 0 Å². The van der Waals surface area contributed by atoms with Crippen LogP contribution >= 0.6 is 0 Å². The van der Waals surface area contributed by atoms with Crippen molar-refractivity contribution < 1.29 is 5.11 Å². The number of aromatic nitrogens is 3. The van der Waals surface area contributed by atoms with Gasteiger partial charge in [-0.25, -0.2) is 4.98 Å². The number of nitrogens with zero attached hydrogens (tertiary/aromatic N) is 2. The third kappa shape index (κ3) is 1.56. The van der Waals surface area contributed by atoms with Crippen LogP contribution in [-0.2, 0) is 6.42 Å². The van der Waals surface area contributed by atoms with Gasteiger partial charge < -0.3 is 5.11 Å². The van der Waals surface area contributed by atoms with E-state index in [-0.39, 0.29) is 5.76 Å². The number of H-pyrrole nitrogens is 1. The molecule has 0 unspecified atom stereocenters. The molecule has 0 atom stereocenters. The zero-order chi connectivity index (χ0) is 6.69. The minimum absolute atomic E-state index is 0.0783. The van der Waals surface area contributed by atoms with Gasteiger partial charge >= 0.3 is 0 Å². The highest BCUT2D eigenvalue weighted by Gasteiger charge is 1.95. The van der Waals surface area contributed by atoms with Crippen molar-refractivity contribution in [3.05, 3.63) is 24.5 Å². The van der Waals surface area contributed by atoms with Crippen LogP contribution in [0.3, 0.4) is 0 Å². The van der Waals surface area contributed by atoms with Gasteiger partial charge in [-0.05, 0) is 0 Å². The molecule has 0 aliphatic heterocycles. The highest BCUT2D eigenvalue weighted by atomic mass is 16.3. The van der Waals surface area contributed by atoms with E-state index in [4.69, 9.17) is 5.11 Å². The molecule has 2 N–H and O–H groups in total. The van der Waals surface area contributed by atoms with Crippen molar-refractivity contribution in [2.24, 2.45) is 0 Å². The number of aromatic amines is 1. The number of aliphatic hydroxyl groups excluding tert-OH is 1. The van der Waals surface area contributed by atoms with Gasteiger partial charge in [-0.2, -0.15) is 5.10 Å². The Bertz CT molecular complexity index is 192. The Morgan fingerprint density at radius 2 is 2.67 bits per heavy atom.